The molecule has 0 radical (unpaired) electrons. The molecule has 1 fully saturated rings. The molecule has 1 aliphatic rings. The van der Waals surface area contributed by atoms with E-state index in [4.69, 9.17) is 18.9 Å². The minimum absolute atomic E-state index is 0.0880. The van der Waals surface area contributed by atoms with Crippen molar-refractivity contribution in [1.82, 2.24) is 9.80 Å². The Balaban J connectivity index is 1.57. The Bertz CT molecular complexity index is 1140. The fraction of sp³-hybridized carbons (Fsp3) is 0.541. The zero-order valence-electron chi connectivity index (χ0n) is 28.0. The summed E-state index contributed by atoms with van der Waals surface area (Å²) >= 11 is 0. The Hall–Kier alpha value is -3.29. The molecule has 1 saturated carbocycles. The van der Waals surface area contributed by atoms with Gasteiger partial charge < -0.3 is 28.7 Å². The van der Waals surface area contributed by atoms with E-state index in [0.29, 0.717) is 37.6 Å². The number of nitrogens with zero attached hydrogens (tertiary/aromatic N) is 2. The monoisotopic (exact) mass is 606 g/mol. The summed E-state index contributed by atoms with van der Waals surface area (Å²) in [5, 5.41) is 0. The third kappa shape index (κ3) is 10.7. The Kier molecular flexibility index (Phi) is 15.3. The summed E-state index contributed by atoms with van der Waals surface area (Å²) in [5.41, 5.74) is 3.47. The standard InChI is InChI=1S/C37H54N2O5/c1-7-38(8-2)21-11-13-23-43-33-19-15-29(27-35(33)41-5)25-31-17-18-32(37(31)40)26-30-16-20-34(36(28-30)42-6)44-24-14-12-22-39(9-3)10-4/h15-16,19-20,25-28H,7-14,17-18,21-24H2,1-6H3/b31-25+,32-26+. The van der Waals surface area contributed by atoms with Crippen molar-refractivity contribution in [2.24, 2.45) is 0 Å². The average molecular weight is 607 g/mol. The van der Waals surface area contributed by atoms with Gasteiger partial charge in [-0.2, -0.15) is 0 Å². The molecule has 7 nitrogen and oxygen atoms in total. The number of ketones is 1. The molecule has 2 aromatic rings. The van der Waals surface area contributed by atoms with E-state index in [9.17, 15) is 4.79 Å². The van der Waals surface area contributed by atoms with Gasteiger partial charge >= 0.3 is 0 Å². The molecule has 242 valence electrons. The molecule has 1 aliphatic carbocycles. The van der Waals surface area contributed by atoms with Gasteiger partial charge in [0.2, 0.25) is 0 Å². The minimum Gasteiger partial charge on any atom is -0.493 e. The minimum atomic E-state index is 0.0880. The molecule has 2 aromatic carbocycles. The van der Waals surface area contributed by atoms with Gasteiger partial charge in [-0.15, -0.1) is 0 Å². The van der Waals surface area contributed by atoms with Crippen molar-refractivity contribution in [3.05, 3.63) is 58.7 Å². The van der Waals surface area contributed by atoms with E-state index in [1.807, 2.05) is 48.6 Å². The van der Waals surface area contributed by atoms with Crippen LogP contribution < -0.4 is 18.9 Å². The molecule has 0 spiro atoms. The van der Waals surface area contributed by atoms with Gasteiger partial charge in [-0.25, -0.2) is 0 Å². The average Bonchev–Trinajstić information content (AvgIpc) is 3.39. The maximum atomic E-state index is 13.3. The van der Waals surface area contributed by atoms with Crippen LogP contribution in [0.1, 0.15) is 77.3 Å². The number of carbonyl (C=O) groups excluding carboxylic acids is 1. The van der Waals surface area contributed by atoms with Crippen molar-refractivity contribution in [1.29, 1.82) is 0 Å². The first kappa shape index (κ1) is 35.2. The largest absolute Gasteiger partial charge is 0.493 e. The van der Waals surface area contributed by atoms with Crippen molar-refractivity contribution in [2.45, 2.75) is 66.2 Å². The van der Waals surface area contributed by atoms with E-state index >= 15 is 0 Å². The molecule has 0 aromatic heterocycles. The fourth-order valence-corrected chi connectivity index (χ4v) is 5.49. The maximum Gasteiger partial charge on any atom is 0.185 e. The van der Waals surface area contributed by atoms with Crippen molar-refractivity contribution >= 4 is 17.9 Å². The lowest BCUT2D eigenvalue weighted by Crippen LogP contribution is -2.24. The van der Waals surface area contributed by atoms with Crippen LogP contribution in [0.25, 0.3) is 12.2 Å². The van der Waals surface area contributed by atoms with Gasteiger partial charge in [-0.3, -0.25) is 4.79 Å². The SMILES string of the molecule is CCN(CC)CCCCOc1ccc(/C=C2\CC/C(=C\c3ccc(OCCCCN(CC)CC)c(OC)c3)C2=O)cc1OC. The van der Waals surface area contributed by atoms with Gasteiger partial charge in [-0.1, -0.05) is 39.8 Å². The second kappa shape index (κ2) is 19.2. The number of rotatable bonds is 20. The van der Waals surface area contributed by atoms with E-state index < -0.39 is 0 Å². The zero-order chi connectivity index (χ0) is 31.7. The Morgan fingerprint density at radius 1 is 0.614 bits per heavy atom. The summed E-state index contributed by atoms with van der Waals surface area (Å²) in [6.45, 7) is 16.6. The number of hydrogen-bond acceptors (Lipinski definition) is 7. The van der Waals surface area contributed by atoms with E-state index in [2.05, 4.69) is 37.5 Å². The molecular formula is C37H54N2O5. The third-order valence-electron chi connectivity index (χ3n) is 8.35. The number of methoxy groups -OCH3 is 2. The molecule has 7 heteroatoms. The highest BCUT2D eigenvalue weighted by Crippen LogP contribution is 2.34. The molecule has 0 aliphatic heterocycles. The first-order valence-electron chi connectivity index (χ1n) is 16.5. The number of carbonyl (C=O) groups is 1. The summed E-state index contributed by atoms with van der Waals surface area (Å²) in [5.74, 6) is 2.92. The van der Waals surface area contributed by atoms with Gasteiger partial charge in [0.25, 0.3) is 0 Å². The van der Waals surface area contributed by atoms with Gasteiger partial charge in [0, 0.05) is 11.1 Å². The fourth-order valence-electron chi connectivity index (χ4n) is 5.49. The van der Waals surface area contributed by atoms with Gasteiger partial charge in [-0.05, 0) is 125 Å². The zero-order valence-corrected chi connectivity index (χ0v) is 28.0. The molecule has 44 heavy (non-hydrogen) atoms. The number of allylic oxidation sites excluding steroid dienone is 2. The van der Waals surface area contributed by atoms with Crippen LogP contribution in [-0.4, -0.2) is 82.3 Å². The number of benzene rings is 2. The van der Waals surface area contributed by atoms with Crippen molar-refractivity contribution in [3.8, 4) is 23.0 Å². The maximum absolute atomic E-state index is 13.3. The van der Waals surface area contributed by atoms with E-state index in [1.165, 1.54) is 0 Å². The highest BCUT2D eigenvalue weighted by Gasteiger charge is 2.23. The normalized spacial score (nSPS) is 15.1. The topological polar surface area (TPSA) is 60.5 Å². The van der Waals surface area contributed by atoms with E-state index in [0.717, 1.165) is 98.7 Å². The second-order valence-corrected chi connectivity index (χ2v) is 11.2. The number of hydrogen-bond donors (Lipinski definition) is 0. The Morgan fingerprint density at radius 2 is 1.02 bits per heavy atom. The predicted molar refractivity (Wildman–Crippen MR) is 181 cm³/mol. The lowest BCUT2D eigenvalue weighted by Gasteiger charge is -2.17. The summed E-state index contributed by atoms with van der Waals surface area (Å²) in [4.78, 5) is 18.1. The molecule has 3 rings (SSSR count). The Labute approximate surface area is 265 Å². The molecule has 0 saturated heterocycles. The van der Waals surface area contributed by atoms with Crippen LogP contribution >= 0.6 is 0 Å². The quantitative estimate of drug-likeness (QED) is 0.114. The van der Waals surface area contributed by atoms with Crippen LogP contribution in [0.3, 0.4) is 0 Å². The van der Waals surface area contributed by atoms with Gasteiger partial charge in [0.1, 0.15) is 0 Å². The van der Waals surface area contributed by atoms with Gasteiger partial charge in [0.05, 0.1) is 27.4 Å². The summed E-state index contributed by atoms with van der Waals surface area (Å²) in [6.07, 6.45) is 9.56. The van der Waals surface area contributed by atoms with Crippen LogP contribution in [0, 0.1) is 0 Å². The number of unbranched alkanes of at least 4 members (excludes halogenated alkanes) is 2. The Morgan fingerprint density at radius 3 is 1.39 bits per heavy atom. The molecule has 0 atom stereocenters. The van der Waals surface area contributed by atoms with E-state index in [-0.39, 0.29) is 5.78 Å². The first-order valence-corrected chi connectivity index (χ1v) is 16.5. The number of Topliss-reactive ketones (excluding diaryl/α,β-unsaturated/α-hetero) is 1. The van der Waals surface area contributed by atoms with Crippen molar-refractivity contribution < 1.29 is 23.7 Å². The highest BCUT2D eigenvalue weighted by molar-refractivity contribution is 6.15. The molecule has 0 amide bonds. The smallest absolute Gasteiger partial charge is 0.185 e. The third-order valence-corrected chi connectivity index (χ3v) is 8.35. The first-order chi connectivity index (χ1) is 21.5. The van der Waals surface area contributed by atoms with E-state index in [1.54, 1.807) is 14.2 Å². The molecule has 0 heterocycles. The predicted octanol–water partition coefficient (Wildman–Crippen LogP) is 7.54. The van der Waals surface area contributed by atoms with Gasteiger partial charge in [0.15, 0.2) is 28.8 Å². The van der Waals surface area contributed by atoms with Crippen molar-refractivity contribution in [3.63, 3.8) is 0 Å². The molecular weight excluding hydrogens is 552 g/mol. The molecule has 0 unspecified atom stereocenters. The molecule has 0 N–H and O–H groups in total. The van der Waals surface area contributed by atoms with Crippen molar-refractivity contribution in [2.75, 3.05) is 66.7 Å². The summed E-state index contributed by atoms with van der Waals surface area (Å²) in [6, 6.07) is 11.7. The van der Waals surface area contributed by atoms with Crippen LogP contribution in [0.2, 0.25) is 0 Å². The van der Waals surface area contributed by atoms with Crippen LogP contribution in [-0.2, 0) is 4.79 Å². The highest BCUT2D eigenvalue weighted by atomic mass is 16.5. The second-order valence-electron chi connectivity index (χ2n) is 11.2. The lowest BCUT2D eigenvalue weighted by atomic mass is 10.1. The number of ether oxygens (including phenoxy) is 4. The summed E-state index contributed by atoms with van der Waals surface area (Å²) in [7, 11) is 3.30. The molecule has 0 bridgehead atoms. The van der Waals surface area contributed by atoms with Crippen LogP contribution in [0.4, 0.5) is 0 Å². The lowest BCUT2D eigenvalue weighted by molar-refractivity contribution is -0.111. The van der Waals surface area contributed by atoms with Crippen LogP contribution in [0.15, 0.2) is 47.5 Å². The van der Waals surface area contributed by atoms with Crippen LogP contribution in [0.5, 0.6) is 23.0 Å². The summed E-state index contributed by atoms with van der Waals surface area (Å²) < 4.78 is 23.3.